The Hall–Kier alpha value is -2.47. The SMILES string of the molecule is CC(C)c1nnc2n1CC(NCc1ccc(-n3ccnc3)cc1)CC2. The van der Waals surface area contributed by atoms with Crippen LogP contribution in [0, 0.1) is 0 Å². The molecule has 1 aliphatic rings. The highest BCUT2D eigenvalue weighted by Crippen LogP contribution is 2.20. The number of hydrogen-bond donors (Lipinski definition) is 1. The van der Waals surface area contributed by atoms with Crippen LogP contribution in [0.3, 0.4) is 0 Å². The van der Waals surface area contributed by atoms with Crippen molar-refractivity contribution in [2.24, 2.45) is 0 Å². The number of hydrogen-bond acceptors (Lipinski definition) is 4. The summed E-state index contributed by atoms with van der Waals surface area (Å²) in [6.07, 6.45) is 7.68. The lowest BCUT2D eigenvalue weighted by Crippen LogP contribution is -2.37. The summed E-state index contributed by atoms with van der Waals surface area (Å²) < 4.78 is 4.31. The highest BCUT2D eigenvalue weighted by Gasteiger charge is 2.23. The lowest BCUT2D eigenvalue weighted by Gasteiger charge is -2.26. The van der Waals surface area contributed by atoms with Crippen molar-refractivity contribution in [1.29, 1.82) is 0 Å². The van der Waals surface area contributed by atoms with Crippen LogP contribution >= 0.6 is 0 Å². The van der Waals surface area contributed by atoms with E-state index < -0.39 is 0 Å². The van der Waals surface area contributed by atoms with E-state index in [0.29, 0.717) is 12.0 Å². The molecule has 1 N–H and O–H groups in total. The molecule has 6 heteroatoms. The Labute approximate surface area is 147 Å². The molecular weight excluding hydrogens is 312 g/mol. The van der Waals surface area contributed by atoms with E-state index in [2.05, 4.69) is 63.2 Å². The molecule has 2 aromatic heterocycles. The number of aryl methyl sites for hydroxylation is 1. The second kappa shape index (κ2) is 6.80. The molecule has 130 valence electrons. The van der Waals surface area contributed by atoms with E-state index in [1.54, 1.807) is 6.20 Å². The second-order valence-electron chi connectivity index (χ2n) is 6.99. The summed E-state index contributed by atoms with van der Waals surface area (Å²) in [5, 5.41) is 12.4. The van der Waals surface area contributed by atoms with E-state index in [0.717, 1.165) is 43.3 Å². The monoisotopic (exact) mass is 336 g/mol. The molecule has 0 saturated heterocycles. The number of rotatable bonds is 5. The summed E-state index contributed by atoms with van der Waals surface area (Å²) in [5.74, 6) is 2.65. The number of nitrogens with one attached hydrogen (secondary N) is 1. The molecule has 3 aromatic rings. The fourth-order valence-electron chi connectivity index (χ4n) is 3.40. The molecule has 1 unspecified atom stereocenters. The van der Waals surface area contributed by atoms with Gasteiger partial charge in [0, 0.05) is 49.6 Å². The Morgan fingerprint density at radius 3 is 2.76 bits per heavy atom. The van der Waals surface area contributed by atoms with E-state index in [4.69, 9.17) is 0 Å². The van der Waals surface area contributed by atoms with Crippen LogP contribution in [0.2, 0.25) is 0 Å². The van der Waals surface area contributed by atoms with Gasteiger partial charge in [-0.05, 0) is 24.1 Å². The molecule has 0 fully saturated rings. The molecule has 6 nitrogen and oxygen atoms in total. The van der Waals surface area contributed by atoms with E-state index >= 15 is 0 Å². The van der Waals surface area contributed by atoms with Crippen molar-refractivity contribution in [1.82, 2.24) is 29.6 Å². The van der Waals surface area contributed by atoms with Crippen molar-refractivity contribution in [3.8, 4) is 5.69 Å². The predicted molar refractivity (Wildman–Crippen MR) is 96.6 cm³/mol. The highest BCUT2D eigenvalue weighted by molar-refractivity contribution is 5.34. The maximum Gasteiger partial charge on any atom is 0.135 e. The Balaban J connectivity index is 1.38. The number of nitrogens with zero attached hydrogens (tertiary/aromatic N) is 5. The summed E-state index contributed by atoms with van der Waals surface area (Å²) in [5.41, 5.74) is 2.43. The molecule has 0 amide bonds. The van der Waals surface area contributed by atoms with Crippen molar-refractivity contribution in [3.63, 3.8) is 0 Å². The normalized spacial score (nSPS) is 17.0. The van der Waals surface area contributed by atoms with Gasteiger partial charge in [-0.2, -0.15) is 0 Å². The van der Waals surface area contributed by atoms with Crippen molar-refractivity contribution in [2.75, 3.05) is 0 Å². The van der Waals surface area contributed by atoms with Gasteiger partial charge in [0.25, 0.3) is 0 Å². The summed E-state index contributed by atoms with van der Waals surface area (Å²) >= 11 is 0. The Morgan fingerprint density at radius 1 is 1.20 bits per heavy atom. The van der Waals surface area contributed by atoms with Gasteiger partial charge in [-0.3, -0.25) is 0 Å². The zero-order valence-corrected chi connectivity index (χ0v) is 14.8. The van der Waals surface area contributed by atoms with E-state index in [-0.39, 0.29) is 0 Å². The van der Waals surface area contributed by atoms with Crippen molar-refractivity contribution in [2.45, 2.75) is 51.7 Å². The van der Waals surface area contributed by atoms with Crippen molar-refractivity contribution >= 4 is 0 Å². The van der Waals surface area contributed by atoms with Crippen LogP contribution in [0.5, 0.6) is 0 Å². The first kappa shape index (κ1) is 16.0. The first-order valence-corrected chi connectivity index (χ1v) is 8.93. The fraction of sp³-hybridized carbons (Fsp3) is 0.421. The Kier molecular flexibility index (Phi) is 4.36. The van der Waals surface area contributed by atoms with Gasteiger partial charge < -0.3 is 14.5 Å². The van der Waals surface area contributed by atoms with Crippen LogP contribution < -0.4 is 5.32 Å². The van der Waals surface area contributed by atoms with Crippen LogP contribution in [0.15, 0.2) is 43.0 Å². The third-order valence-electron chi connectivity index (χ3n) is 4.83. The minimum atomic E-state index is 0.413. The van der Waals surface area contributed by atoms with Crippen LogP contribution in [0.1, 0.15) is 43.4 Å². The van der Waals surface area contributed by atoms with E-state index in [1.807, 2.05) is 17.1 Å². The zero-order valence-electron chi connectivity index (χ0n) is 14.8. The minimum absolute atomic E-state index is 0.413. The molecule has 0 radical (unpaired) electrons. The molecule has 25 heavy (non-hydrogen) atoms. The lowest BCUT2D eigenvalue weighted by atomic mass is 10.1. The largest absolute Gasteiger partial charge is 0.313 e. The maximum atomic E-state index is 4.36. The summed E-state index contributed by atoms with van der Waals surface area (Å²) in [6, 6.07) is 9.08. The topological polar surface area (TPSA) is 60.6 Å². The molecule has 0 saturated carbocycles. The smallest absolute Gasteiger partial charge is 0.135 e. The first-order chi connectivity index (χ1) is 12.2. The average Bonchev–Trinajstić information content (AvgIpc) is 3.29. The van der Waals surface area contributed by atoms with Gasteiger partial charge >= 0.3 is 0 Å². The Morgan fingerprint density at radius 2 is 2.04 bits per heavy atom. The Bertz CT molecular complexity index is 816. The van der Waals surface area contributed by atoms with E-state index in [1.165, 1.54) is 5.56 Å². The van der Waals surface area contributed by atoms with Crippen LogP contribution in [-0.2, 0) is 19.5 Å². The predicted octanol–water partition coefficient (Wildman–Crippen LogP) is 2.69. The zero-order chi connectivity index (χ0) is 17.2. The van der Waals surface area contributed by atoms with Gasteiger partial charge in [0.05, 0.1) is 6.33 Å². The molecule has 1 aliphatic heterocycles. The van der Waals surface area contributed by atoms with Crippen molar-refractivity contribution < 1.29 is 0 Å². The van der Waals surface area contributed by atoms with Gasteiger partial charge in [-0.1, -0.05) is 26.0 Å². The van der Waals surface area contributed by atoms with Gasteiger partial charge in [0.1, 0.15) is 11.6 Å². The van der Waals surface area contributed by atoms with Crippen LogP contribution in [0.25, 0.3) is 5.69 Å². The molecule has 0 spiro atoms. The number of imidazole rings is 1. The highest BCUT2D eigenvalue weighted by atomic mass is 15.3. The summed E-state index contributed by atoms with van der Waals surface area (Å²) in [4.78, 5) is 4.09. The number of fused-ring (bicyclic) bond motifs is 1. The summed E-state index contributed by atoms with van der Waals surface area (Å²) in [6.45, 7) is 6.19. The van der Waals surface area contributed by atoms with Crippen molar-refractivity contribution in [3.05, 3.63) is 60.2 Å². The van der Waals surface area contributed by atoms with E-state index in [9.17, 15) is 0 Å². The maximum absolute atomic E-state index is 4.36. The quantitative estimate of drug-likeness (QED) is 0.778. The fourth-order valence-corrected chi connectivity index (χ4v) is 3.40. The molecule has 0 bridgehead atoms. The standard InChI is InChI=1S/C19H24N6/c1-14(2)19-23-22-18-8-5-16(12-25(18)19)21-11-15-3-6-17(7-4-15)24-10-9-20-13-24/h3-4,6-7,9-10,13-14,16,21H,5,8,11-12H2,1-2H3. The first-order valence-electron chi connectivity index (χ1n) is 8.93. The molecule has 3 heterocycles. The summed E-state index contributed by atoms with van der Waals surface area (Å²) in [7, 11) is 0. The minimum Gasteiger partial charge on any atom is -0.313 e. The number of benzene rings is 1. The van der Waals surface area contributed by atoms with Gasteiger partial charge in [-0.15, -0.1) is 10.2 Å². The lowest BCUT2D eigenvalue weighted by molar-refractivity contribution is 0.370. The van der Waals surface area contributed by atoms with Crippen LogP contribution in [0.4, 0.5) is 0 Å². The molecule has 1 aromatic carbocycles. The van der Waals surface area contributed by atoms with Crippen LogP contribution in [-0.4, -0.2) is 30.4 Å². The average molecular weight is 336 g/mol. The third kappa shape index (κ3) is 3.35. The van der Waals surface area contributed by atoms with Gasteiger partial charge in [0.15, 0.2) is 0 Å². The number of aromatic nitrogens is 5. The van der Waals surface area contributed by atoms with Gasteiger partial charge in [-0.25, -0.2) is 4.98 Å². The van der Waals surface area contributed by atoms with Gasteiger partial charge in [0.2, 0.25) is 0 Å². The molecule has 4 rings (SSSR count). The second-order valence-corrected chi connectivity index (χ2v) is 6.99. The third-order valence-corrected chi connectivity index (χ3v) is 4.83. The molecule has 0 aliphatic carbocycles. The molecular formula is C19H24N6. The molecule has 1 atom stereocenters.